The topological polar surface area (TPSA) is 56.2 Å². The minimum absolute atomic E-state index is 0.106. The van der Waals surface area contributed by atoms with Crippen molar-refractivity contribution in [3.05, 3.63) is 72.4 Å². The first kappa shape index (κ1) is 18.5. The van der Waals surface area contributed by atoms with Crippen molar-refractivity contribution in [1.29, 1.82) is 0 Å². The first-order valence-corrected chi connectivity index (χ1v) is 8.96. The van der Waals surface area contributed by atoms with E-state index in [4.69, 9.17) is 9.84 Å². The van der Waals surface area contributed by atoms with E-state index in [0.29, 0.717) is 6.54 Å². The number of hydrogen-bond donors (Lipinski definition) is 1. The van der Waals surface area contributed by atoms with Gasteiger partial charge in [-0.15, -0.1) is 0 Å². The molecule has 138 valence electrons. The Morgan fingerprint density at radius 2 is 1.89 bits per heavy atom. The van der Waals surface area contributed by atoms with Crippen molar-refractivity contribution in [2.45, 2.75) is 13.3 Å². The number of rotatable bonds is 7. The number of carbonyl (C=O) groups excluding carboxylic acids is 1. The molecule has 0 bridgehead atoms. The lowest BCUT2D eigenvalue weighted by Crippen LogP contribution is -2.21. The van der Waals surface area contributed by atoms with Crippen LogP contribution in [0.15, 0.2) is 66.9 Å². The van der Waals surface area contributed by atoms with Gasteiger partial charge in [0.2, 0.25) is 5.91 Å². The van der Waals surface area contributed by atoms with Gasteiger partial charge in [0.15, 0.2) is 0 Å². The van der Waals surface area contributed by atoms with Crippen LogP contribution in [0.1, 0.15) is 18.9 Å². The Labute approximate surface area is 159 Å². The maximum absolute atomic E-state index is 11.9. The molecule has 0 atom stereocenters. The molecule has 2 aromatic carbocycles. The third-order valence-corrected chi connectivity index (χ3v) is 4.09. The number of nitrogens with one attached hydrogen (secondary N) is 1. The largest absolute Gasteiger partial charge is 0.497 e. The zero-order valence-electron chi connectivity index (χ0n) is 15.6. The molecule has 0 saturated carbocycles. The molecular formula is C22H23N3O2. The number of methoxy groups -OCH3 is 1. The van der Waals surface area contributed by atoms with Crippen LogP contribution >= 0.6 is 0 Å². The standard InChI is InChI=1S/C22H23N3O2/c1-3-15-23-21(26)14-11-18-16-25(19-7-5-4-6-8-19)24-22(18)17-9-12-20(27-2)13-10-17/h4-14,16H,3,15H2,1-2H3,(H,23,26). The number of benzene rings is 2. The molecule has 0 aliphatic carbocycles. The van der Waals surface area contributed by atoms with Crippen LogP contribution in [0.3, 0.4) is 0 Å². The molecule has 27 heavy (non-hydrogen) atoms. The summed E-state index contributed by atoms with van der Waals surface area (Å²) in [5.41, 5.74) is 3.60. The summed E-state index contributed by atoms with van der Waals surface area (Å²) in [6.07, 6.45) is 6.19. The Morgan fingerprint density at radius 1 is 1.15 bits per heavy atom. The Bertz CT molecular complexity index is 912. The van der Waals surface area contributed by atoms with Gasteiger partial charge in [0, 0.05) is 29.9 Å². The third kappa shape index (κ3) is 4.64. The molecular weight excluding hydrogens is 338 g/mol. The number of carbonyl (C=O) groups is 1. The molecule has 1 aromatic heterocycles. The highest BCUT2D eigenvalue weighted by molar-refractivity contribution is 5.92. The van der Waals surface area contributed by atoms with Gasteiger partial charge >= 0.3 is 0 Å². The summed E-state index contributed by atoms with van der Waals surface area (Å²) in [6.45, 7) is 2.69. The first-order chi connectivity index (χ1) is 13.2. The summed E-state index contributed by atoms with van der Waals surface area (Å²) in [7, 11) is 1.64. The minimum Gasteiger partial charge on any atom is -0.497 e. The molecule has 0 aliphatic heterocycles. The number of ether oxygens (including phenoxy) is 1. The van der Waals surface area contributed by atoms with E-state index in [1.54, 1.807) is 19.3 Å². The van der Waals surface area contributed by atoms with Crippen LogP contribution < -0.4 is 10.1 Å². The van der Waals surface area contributed by atoms with Crippen molar-refractivity contribution in [3.8, 4) is 22.7 Å². The number of aromatic nitrogens is 2. The zero-order chi connectivity index (χ0) is 19.1. The number of para-hydroxylation sites is 1. The second-order valence-electron chi connectivity index (χ2n) is 6.07. The molecule has 1 amide bonds. The van der Waals surface area contributed by atoms with Gasteiger partial charge in [0.05, 0.1) is 18.5 Å². The third-order valence-electron chi connectivity index (χ3n) is 4.09. The average molecular weight is 361 g/mol. The maximum Gasteiger partial charge on any atom is 0.244 e. The summed E-state index contributed by atoms with van der Waals surface area (Å²) in [5, 5.41) is 7.59. The second kappa shape index (κ2) is 8.85. The second-order valence-corrected chi connectivity index (χ2v) is 6.07. The SMILES string of the molecule is CCCNC(=O)C=Cc1cn(-c2ccccc2)nc1-c1ccc(OC)cc1. The van der Waals surface area contributed by atoms with Crippen LogP contribution in [-0.2, 0) is 4.79 Å². The van der Waals surface area contributed by atoms with Gasteiger partial charge in [0.25, 0.3) is 0 Å². The molecule has 0 radical (unpaired) electrons. The van der Waals surface area contributed by atoms with Crippen molar-refractivity contribution in [2.75, 3.05) is 13.7 Å². The van der Waals surface area contributed by atoms with E-state index in [9.17, 15) is 4.79 Å². The van der Waals surface area contributed by atoms with Crippen molar-refractivity contribution >= 4 is 12.0 Å². The van der Waals surface area contributed by atoms with E-state index in [0.717, 1.165) is 34.7 Å². The van der Waals surface area contributed by atoms with E-state index in [2.05, 4.69) is 5.32 Å². The van der Waals surface area contributed by atoms with E-state index in [1.807, 2.05) is 72.4 Å². The Hall–Kier alpha value is -3.34. The summed E-state index contributed by atoms with van der Waals surface area (Å²) in [4.78, 5) is 11.9. The summed E-state index contributed by atoms with van der Waals surface area (Å²) in [5.74, 6) is 0.683. The molecule has 5 nitrogen and oxygen atoms in total. The highest BCUT2D eigenvalue weighted by Gasteiger charge is 2.11. The van der Waals surface area contributed by atoms with Crippen LogP contribution in [0.5, 0.6) is 5.75 Å². The van der Waals surface area contributed by atoms with E-state index in [-0.39, 0.29) is 5.91 Å². The lowest BCUT2D eigenvalue weighted by molar-refractivity contribution is -0.116. The minimum atomic E-state index is -0.106. The fourth-order valence-corrected chi connectivity index (χ4v) is 2.67. The fourth-order valence-electron chi connectivity index (χ4n) is 2.67. The lowest BCUT2D eigenvalue weighted by Gasteiger charge is -2.03. The molecule has 5 heteroatoms. The van der Waals surface area contributed by atoms with E-state index < -0.39 is 0 Å². The molecule has 1 N–H and O–H groups in total. The van der Waals surface area contributed by atoms with Crippen molar-refractivity contribution in [3.63, 3.8) is 0 Å². The van der Waals surface area contributed by atoms with Gasteiger partial charge in [-0.3, -0.25) is 4.79 Å². The number of amides is 1. The molecule has 1 heterocycles. The zero-order valence-corrected chi connectivity index (χ0v) is 15.6. The van der Waals surface area contributed by atoms with Crippen LogP contribution in [0.2, 0.25) is 0 Å². The Kier molecular flexibility index (Phi) is 6.05. The number of nitrogens with zero attached hydrogens (tertiary/aromatic N) is 2. The summed E-state index contributed by atoms with van der Waals surface area (Å²) >= 11 is 0. The Morgan fingerprint density at radius 3 is 2.56 bits per heavy atom. The van der Waals surface area contributed by atoms with Gasteiger partial charge in [0.1, 0.15) is 5.75 Å². The monoisotopic (exact) mass is 361 g/mol. The average Bonchev–Trinajstić information content (AvgIpc) is 3.15. The van der Waals surface area contributed by atoms with Gasteiger partial charge < -0.3 is 10.1 Å². The Balaban J connectivity index is 1.97. The van der Waals surface area contributed by atoms with Crippen LogP contribution in [0.25, 0.3) is 23.0 Å². The molecule has 3 aromatic rings. The van der Waals surface area contributed by atoms with Crippen LogP contribution in [0.4, 0.5) is 0 Å². The summed E-state index contributed by atoms with van der Waals surface area (Å²) < 4.78 is 7.06. The van der Waals surface area contributed by atoms with Crippen molar-refractivity contribution in [1.82, 2.24) is 15.1 Å². The quantitative estimate of drug-likeness (QED) is 0.645. The first-order valence-electron chi connectivity index (χ1n) is 8.96. The number of hydrogen-bond acceptors (Lipinski definition) is 3. The predicted molar refractivity (Wildman–Crippen MR) is 108 cm³/mol. The van der Waals surface area contributed by atoms with Crippen LogP contribution in [0, 0.1) is 0 Å². The molecule has 0 unspecified atom stereocenters. The fraction of sp³-hybridized carbons (Fsp3) is 0.182. The summed E-state index contributed by atoms with van der Waals surface area (Å²) in [6, 6.07) is 17.6. The van der Waals surface area contributed by atoms with Gasteiger partial charge in [-0.1, -0.05) is 25.1 Å². The predicted octanol–water partition coefficient (Wildman–Crippen LogP) is 4.09. The normalized spacial score (nSPS) is 10.9. The van der Waals surface area contributed by atoms with E-state index >= 15 is 0 Å². The lowest BCUT2D eigenvalue weighted by atomic mass is 10.1. The highest BCUT2D eigenvalue weighted by atomic mass is 16.5. The van der Waals surface area contributed by atoms with Crippen LogP contribution in [-0.4, -0.2) is 29.3 Å². The smallest absolute Gasteiger partial charge is 0.244 e. The van der Waals surface area contributed by atoms with E-state index in [1.165, 1.54) is 0 Å². The van der Waals surface area contributed by atoms with Crippen molar-refractivity contribution in [2.24, 2.45) is 0 Å². The molecule has 3 rings (SSSR count). The molecule has 0 saturated heterocycles. The highest BCUT2D eigenvalue weighted by Crippen LogP contribution is 2.26. The van der Waals surface area contributed by atoms with Gasteiger partial charge in [-0.2, -0.15) is 5.10 Å². The maximum atomic E-state index is 11.9. The molecule has 0 fully saturated rings. The molecule has 0 aliphatic rings. The molecule has 0 spiro atoms. The van der Waals surface area contributed by atoms with Gasteiger partial charge in [-0.05, 0) is 48.9 Å². The van der Waals surface area contributed by atoms with Crippen molar-refractivity contribution < 1.29 is 9.53 Å². The van der Waals surface area contributed by atoms with Gasteiger partial charge in [-0.25, -0.2) is 4.68 Å².